The van der Waals surface area contributed by atoms with Crippen LogP contribution in [0.3, 0.4) is 0 Å². The Labute approximate surface area is 75.2 Å². The van der Waals surface area contributed by atoms with E-state index in [1.807, 2.05) is 6.92 Å². The Morgan fingerprint density at radius 3 is 1.92 bits per heavy atom. The zero-order valence-corrected chi connectivity index (χ0v) is 9.76. The molecule has 1 aromatic carbocycles. The van der Waals surface area contributed by atoms with Crippen LogP contribution in [0, 0.1) is 6.92 Å². The molecular weight excluding hydrogens is 195 g/mol. The molecule has 1 aromatic rings. The summed E-state index contributed by atoms with van der Waals surface area (Å²) < 4.78 is 31.2. The molecule has 1 unspecified atom stereocenters. The first kappa shape index (κ1) is 11.6. The summed E-state index contributed by atoms with van der Waals surface area (Å²) in [5, 5.41) is 0. The Hall–Kier alpha value is -0.440. The minimum Gasteiger partial charge on any atom is -0.744 e. The van der Waals surface area contributed by atoms with Crippen molar-refractivity contribution in [3.05, 3.63) is 29.8 Å². The topological polar surface area (TPSA) is 57.2 Å². The predicted octanol–water partition coefficient (Wildman–Crippen LogP) is 0.690. The fraction of sp³-hybridized carbons (Fsp3) is 0.143. The first-order chi connectivity index (χ1) is 5.00. The van der Waals surface area contributed by atoms with E-state index in [0.717, 1.165) is 5.56 Å². The number of hydrogen-bond donors (Lipinski definition) is 0. The minimum atomic E-state index is -4.27. The zero-order chi connectivity index (χ0) is 8.48. The lowest BCUT2D eigenvalue weighted by Crippen LogP contribution is -1.97. The highest BCUT2D eigenvalue weighted by atomic mass is 32.2. The van der Waals surface area contributed by atoms with Crippen LogP contribution in [-0.2, 0) is 10.1 Å². The highest BCUT2D eigenvalue weighted by Gasteiger charge is 1.97. The van der Waals surface area contributed by atoms with Gasteiger partial charge in [-0.1, -0.05) is 17.7 Å². The Morgan fingerprint density at radius 1 is 1.17 bits per heavy atom. The Morgan fingerprint density at radius 2 is 1.58 bits per heavy atom. The summed E-state index contributed by atoms with van der Waals surface area (Å²) in [6.45, 7) is 1.82. The van der Waals surface area contributed by atoms with E-state index in [1.54, 1.807) is 12.1 Å². The Kier molecular flexibility index (Phi) is 3.84. The Bertz CT molecular complexity index is 341. The van der Waals surface area contributed by atoms with Crippen LogP contribution in [0.15, 0.2) is 29.2 Å². The van der Waals surface area contributed by atoms with Crippen molar-refractivity contribution in [1.29, 1.82) is 0 Å². The maximum atomic E-state index is 10.4. The van der Waals surface area contributed by atoms with Gasteiger partial charge in [-0.25, -0.2) is 8.42 Å². The smallest absolute Gasteiger partial charge is 0.124 e. The third kappa shape index (κ3) is 2.89. The molecule has 1 atom stereocenters. The number of rotatable bonds is 1. The molecule has 0 saturated heterocycles. The SMILES string of the molecule is Cc1ccc(S(=O)(=O)[O-])cc1.[PH4+]. The van der Waals surface area contributed by atoms with Crippen molar-refractivity contribution >= 4 is 20.0 Å². The quantitative estimate of drug-likeness (QED) is 0.501. The first-order valence-corrected chi connectivity index (χ1v) is 4.43. The summed E-state index contributed by atoms with van der Waals surface area (Å²) in [5.41, 5.74) is 0.928. The van der Waals surface area contributed by atoms with E-state index in [2.05, 4.69) is 0 Å². The molecule has 0 aliphatic carbocycles. The van der Waals surface area contributed by atoms with Gasteiger partial charge in [0.1, 0.15) is 10.1 Å². The second kappa shape index (κ2) is 3.99. The van der Waals surface area contributed by atoms with Crippen molar-refractivity contribution in [2.45, 2.75) is 11.8 Å². The predicted molar refractivity (Wildman–Crippen MR) is 51.6 cm³/mol. The highest BCUT2D eigenvalue weighted by Crippen LogP contribution is 2.08. The summed E-state index contributed by atoms with van der Waals surface area (Å²) in [6, 6.07) is 5.78. The van der Waals surface area contributed by atoms with Gasteiger partial charge in [0.2, 0.25) is 0 Å². The van der Waals surface area contributed by atoms with Crippen LogP contribution in [0.4, 0.5) is 0 Å². The molecule has 0 aliphatic rings. The molecule has 68 valence electrons. The molecule has 0 spiro atoms. The zero-order valence-electron chi connectivity index (χ0n) is 6.94. The lowest BCUT2D eigenvalue weighted by atomic mass is 10.2. The average molecular weight is 206 g/mol. The minimum absolute atomic E-state index is 0. The van der Waals surface area contributed by atoms with Crippen molar-refractivity contribution in [2.75, 3.05) is 0 Å². The van der Waals surface area contributed by atoms with Gasteiger partial charge in [0.25, 0.3) is 0 Å². The van der Waals surface area contributed by atoms with Crippen LogP contribution in [0.2, 0.25) is 0 Å². The standard InChI is InChI=1S/C7H8O3S.H3P/c1-6-2-4-7(5-3-6)11(8,9)10;/h2-5H,1H3,(H,8,9,10);1H3. The number of hydrogen-bond acceptors (Lipinski definition) is 3. The van der Waals surface area contributed by atoms with E-state index in [4.69, 9.17) is 0 Å². The van der Waals surface area contributed by atoms with E-state index in [0.29, 0.717) is 0 Å². The van der Waals surface area contributed by atoms with Gasteiger partial charge in [-0.15, -0.1) is 0 Å². The Balaban J connectivity index is 0.00000121. The third-order valence-electron chi connectivity index (χ3n) is 1.31. The van der Waals surface area contributed by atoms with Gasteiger partial charge in [0.05, 0.1) is 4.90 Å². The fourth-order valence-electron chi connectivity index (χ4n) is 0.705. The van der Waals surface area contributed by atoms with Crippen molar-refractivity contribution < 1.29 is 13.0 Å². The molecule has 3 nitrogen and oxygen atoms in total. The molecule has 0 N–H and O–H groups in total. The largest absolute Gasteiger partial charge is 0.744 e. The van der Waals surface area contributed by atoms with Gasteiger partial charge in [-0.2, -0.15) is 0 Å². The van der Waals surface area contributed by atoms with Crippen molar-refractivity contribution in [1.82, 2.24) is 0 Å². The molecule has 12 heavy (non-hydrogen) atoms. The lowest BCUT2D eigenvalue weighted by molar-refractivity contribution is 0.463. The fourth-order valence-corrected chi connectivity index (χ4v) is 1.17. The molecule has 0 bridgehead atoms. The summed E-state index contributed by atoms with van der Waals surface area (Å²) >= 11 is 0. The molecule has 0 aliphatic heterocycles. The summed E-state index contributed by atoms with van der Waals surface area (Å²) in [4.78, 5) is -0.178. The number of aryl methyl sites for hydroxylation is 1. The molecule has 0 heterocycles. The van der Waals surface area contributed by atoms with E-state index in [1.165, 1.54) is 12.1 Å². The van der Waals surface area contributed by atoms with Crippen LogP contribution < -0.4 is 0 Å². The van der Waals surface area contributed by atoms with Crippen molar-refractivity contribution in [2.24, 2.45) is 0 Å². The molecule has 5 heteroatoms. The highest BCUT2D eigenvalue weighted by molar-refractivity contribution is 7.85. The van der Waals surface area contributed by atoms with Crippen LogP contribution in [0.1, 0.15) is 5.56 Å². The molecule has 1 rings (SSSR count). The summed E-state index contributed by atoms with van der Waals surface area (Å²) in [7, 11) is -4.27. The van der Waals surface area contributed by atoms with Crippen LogP contribution in [-0.4, -0.2) is 13.0 Å². The van der Waals surface area contributed by atoms with Gasteiger partial charge in [0.15, 0.2) is 0 Å². The molecule has 0 aromatic heterocycles. The van der Waals surface area contributed by atoms with Crippen LogP contribution in [0.25, 0.3) is 0 Å². The second-order valence-corrected chi connectivity index (χ2v) is 3.65. The van der Waals surface area contributed by atoms with E-state index < -0.39 is 10.1 Å². The molecule has 0 amide bonds. The molecular formula is C7H11O3PS. The first-order valence-electron chi connectivity index (χ1n) is 3.03. The summed E-state index contributed by atoms with van der Waals surface area (Å²) in [6.07, 6.45) is 0. The van der Waals surface area contributed by atoms with E-state index in [9.17, 15) is 13.0 Å². The normalized spacial score (nSPS) is 10.5. The maximum absolute atomic E-state index is 10.4. The second-order valence-electron chi connectivity index (χ2n) is 2.27. The summed E-state index contributed by atoms with van der Waals surface area (Å²) in [5.74, 6) is 0. The lowest BCUT2D eigenvalue weighted by Gasteiger charge is -2.05. The van der Waals surface area contributed by atoms with Gasteiger partial charge >= 0.3 is 0 Å². The van der Waals surface area contributed by atoms with Crippen LogP contribution >= 0.6 is 9.90 Å². The van der Waals surface area contributed by atoms with Gasteiger partial charge in [0, 0.05) is 0 Å². The number of benzene rings is 1. The van der Waals surface area contributed by atoms with Gasteiger partial charge < -0.3 is 4.55 Å². The van der Waals surface area contributed by atoms with Gasteiger partial charge in [-0.3, -0.25) is 0 Å². The molecule has 0 saturated carbocycles. The van der Waals surface area contributed by atoms with Gasteiger partial charge in [-0.05, 0) is 29.0 Å². The molecule has 0 fully saturated rings. The van der Waals surface area contributed by atoms with Crippen LogP contribution in [0.5, 0.6) is 0 Å². The third-order valence-corrected chi connectivity index (χ3v) is 2.16. The average Bonchev–Trinajstić information content (AvgIpc) is 1.86. The van der Waals surface area contributed by atoms with E-state index in [-0.39, 0.29) is 14.8 Å². The van der Waals surface area contributed by atoms with E-state index >= 15 is 0 Å². The molecule has 0 radical (unpaired) electrons. The maximum Gasteiger partial charge on any atom is 0.124 e. The monoisotopic (exact) mass is 206 g/mol. The van der Waals surface area contributed by atoms with Crippen molar-refractivity contribution in [3.8, 4) is 0 Å². The van der Waals surface area contributed by atoms with Crippen molar-refractivity contribution in [3.63, 3.8) is 0 Å².